The van der Waals surface area contributed by atoms with Crippen molar-refractivity contribution < 1.29 is 9.59 Å². The van der Waals surface area contributed by atoms with E-state index in [2.05, 4.69) is 22.5 Å². The molecule has 0 aliphatic carbocycles. The summed E-state index contributed by atoms with van der Waals surface area (Å²) >= 11 is 6.13. The molecule has 0 atom stereocenters. The number of unbranched alkanes of at least 4 members (excludes halogenated alkanes) is 2. The summed E-state index contributed by atoms with van der Waals surface area (Å²) in [4.78, 5) is 29.8. The Bertz CT molecular complexity index is 1010. The van der Waals surface area contributed by atoms with Crippen LogP contribution in [0.1, 0.15) is 52.9 Å². The van der Waals surface area contributed by atoms with Crippen LogP contribution in [0.25, 0.3) is 5.52 Å². The average molecular weight is 399 g/mol. The molecule has 0 aliphatic heterocycles. The van der Waals surface area contributed by atoms with Gasteiger partial charge in [0.25, 0.3) is 11.8 Å². The summed E-state index contributed by atoms with van der Waals surface area (Å²) in [6.45, 7) is 4.52. The van der Waals surface area contributed by atoms with E-state index in [0.717, 1.165) is 24.8 Å². The highest BCUT2D eigenvalue weighted by Gasteiger charge is 2.21. The van der Waals surface area contributed by atoms with Gasteiger partial charge in [-0.05, 0) is 43.2 Å². The first-order chi connectivity index (χ1) is 13.5. The Balaban J connectivity index is 1.88. The molecule has 3 aromatic rings. The van der Waals surface area contributed by atoms with E-state index in [9.17, 15) is 9.59 Å². The van der Waals surface area contributed by atoms with E-state index in [-0.39, 0.29) is 23.3 Å². The normalized spacial score (nSPS) is 10.8. The maximum absolute atomic E-state index is 12.9. The number of fused-ring (bicyclic) bond motifs is 1. The number of nitrogens with one attached hydrogen (secondary N) is 2. The second-order valence-corrected chi connectivity index (χ2v) is 6.98. The number of hydrogen-bond acceptors (Lipinski definition) is 3. The largest absolute Gasteiger partial charge is 0.349 e. The third-order valence-electron chi connectivity index (χ3n) is 4.55. The van der Waals surface area contributed by atoms with Gasteiger partial charge in [0.2, 0.25) is 5.82 Å². The van der Waals surface area contributed by atoms with Gasteiger partial charge in [-0.15, -0.1) is 0 Å². The molecule has 2 amide bonds. The number of halogens is 1. The third kappa shape index (κ3) is 4.17. The SMILES string of the molecule is CCCCCNC(=O)c1nc(C(=O)Nc2cccc(Cl)c2C)c2ccccn12. The molecule has 0 saturated heterocycles. The number of benzene rings is 1. The summed E-state index contributed by atoms with van der Waals surface area (Å²) in [5.74, 6) is -0.491. The number of carbonyl (C=O) groups is 2. The predicted molar refractivity (Wildman–Crippen MR) is 111 cm³/mol. The minimum atomic E-state index is -0.390. The number of imidazole rings is 1. The van der Waals surface area contributed by atoms with Crippen LogP contribution in [0.3, 0.4) is 0 Å². The van der Waals surface area contributed by atoms with E-state index in [4.69, 9.17) is 11.6 Å². The van der Waals surface area contributed by atoms with Crippen molar-refractivity contribution in [2.45, 2.75) is 33.1 Å². The zero-order chi connectivity index (χ0) is 20.1. The van der Waals surface area contributed by atoms with Crippen molar-refractivity contribution in [2.24, 2.45) is 0 Å². The Morgan fingerprint density at radius 2 is 1.93 bits per heavy atom. The van der Waals surface area contributed by atoms with Crippen LogP contribution < -0.4 is 10.6 Å². The monoisotopic (exact) mass is 398 g/mol. The Morgan fingerprint density at radius 1 is 1.11 bits per heavy atom. The lowest BCUT2D eigenvalue weighted by Crippen LogP contribution is -2.26. The fraction of sp³-hybridized carbons (Fsp3) is 0.286. The van der Waals surface area contributed by atoms with Crippen molar-refractivity contribution in [3.63, 3.8) is 0 Å². The van der Waals surface area contributed by atoms with Gasteiger partial charge in [0.05, 0.1) is 5.52 Å². The van der Waals surface area contributed by atoms with Crippen LogP contribution >= 0.6 is 11.6 Å². The fourth-order valence-corrected chi connectivity index (χ4v) is 3.12. The Labute approximate surface area is 168 Å². The zero-order valence-corrected chi connectivity index (χ0v) is 16.7. The molecule has 6 nitrogen and oxygen atoms in total. The minimum Gasteiger partial charge on any atom is -0.349 e. The second-order valence-electron chi connectivity index (χ2n) is 6.57. The lowest BCUT2D eigenvalue weighted by Gasteiger charge is -2.08. The number of rotatable bonds is 7. The summed E-state index contributed by atoms with van der Waals surface area (Å²) in [7, 11) is 0. The number of carbonyl (C=O) groups excluding carboxylic acids is 2. The van der Waals surface area contributed by atoms with Gasteiger partial charge >= 0.3 is 0 Å². The van der Waals surface area contributed by atoms with E-state index in [1.807, 2.05) is 6.92 Å². The predicted octanol–water partition coefficient (Wildman–Crippen LogP) is 4.47. The Kier molecular flexibility index (Phi) is 6.31. The highest BCUT2D eigenvalue weighted by molar-refractivity contribution is 6.31. The standard InChI is InChI=1S/C21H23ClN4O2/c1-3-4-6-12-23-21(28)19-25-18(17-11-5-7-13-26(17)19)20(27)24-16-10-8-9-15(22)14(16)2/h5,7-11,13H,3-4,6,12H2,1-2H3,(H,23,28)(H,24,27). The van der Waals surface area contributed by atoms with Gasteiger partial charge in [-0.2, -0.15) is 0 Å². The molecule has 3 rings (SSSR count). The summed E-state index contributed by atoms with van der Waals surface area (Å²) in [6, 6.07) is 10.7. The molecule has 0 unspecified atom stereocenters. The van der Waals surface area contributed by atoms with E-state index in [1.165, 1.54) is 0 Å². The van der Waals surface area contributed by atoms with Crippen LogP contribution in [-0.2, 0) is 0 Å². The van der Waals surface area contributed by atoms with Crippen molar-refractivity contribution in [2.75, 3.05) is 11.9 Å². The van der Waals surface area contributed by atoms with Crippen molar-refractivity contribution in [1.82, 2.24) is 14.7 Å². The number of aromatic nitrogens is 2. The molecule has 0 bridgehead atoms. The number of nitrogens with zero attached hydrogens (tertiary/aromatic N) is 2. The molecule has 2 aromatic heterocycles. The number of pyridine rings is 1. The Morgan fingerprint density at radius 3 is 2.71 bits per heavy atom. The lowest BCUT2D eigenvalue weighted by molar-refractivity contribution is 0.0942. The lowest BCUT2D eigenvalue weighted by atomic mass is 10.2. The van der Waals surface area contributed by atoms with Crippen molar-refractivity contribution in [1.29, 1.82) is 0 Å². The molecule has 0 fully saturated rings. The van der Waals surface area contributed by atoms with Gasteiger partial charge in [-0.25, -0.2) is 4.98 Å². The van der Waals surface area contributed by atoms with Gasteiger partial charge in [-0.1, -0.05) is 43.5 Å². The molecule has 2 heterocycles. The van der Waals surface area contributed by atoms with Gasteiger partial charge in [0, 0.05) is 23.5 Å². The minimum absolute atomic E-state index is 0.193. The molecule has 1 aromatic carbocycles. The number of hydrogen-bond donors (Lipinski definition) is 2. The van der Waals surface area contributed by atoms with Gasteiger partial charge in [-0.3, -0.25) is 14.0 Å². The van der Waals surface area contributed by atoms with Crippen molar-refractivity contribution >= 4 is 34.6 Å². The third-order valence-corrected chi connectivity index (χ3v) is 4.96. The summed E-state index contributed by atoms with van der Waals surface area (Å²) in [6.07, 6.45) is 4.77. The van der Waals surface area contributed by atoms with Crippen LogP contribution in [0.5, 0.6) is 0 Å². The van der Waals surface area contributed by atoms with Crippen LogP contribution in [0.4, 0.5) is 5.69 Å². The molecular weight excluding hydrogens is 376 g/mol. The van der Waals surface area contributed by atoms with E-state index < -0.39 is 0 Å². The van der Waals surface area contributed by atoms with Gasteiger partial charge in [0.15, 0.2) is 5.69 Å². The van der Waals surface area contributed by atoms with Gasteiger partial charge in [0.1, 0.15) is 0 Å². The van der Waals surface area contributed by atoms with Crippen LogP contribution in [0, 0.1) is 6.92 Å². The topological polar surface area (TPSA) is 75.5 Å². The van der Waals surface area contributed by atoms with Crippen molar-refractivity contribution in [3.05, 3.63) is 64.7 Å². The van der Waals surface area contributed by atoms with Crippen molar-refractivity contribution in [3.8, 4) is 0 Å². The maximum atomic E-state index is 12.9. The maximum Gasteiger partial charge on any atom is 0.287 e. The molecular formula is C21H23ClN4O2. The fourth-order valence-electron chi connectivity index (χ4n) is 2.95. The quantitative estimate of drug-likeness (QED) is 0.576. The summed E-state index contributed by atoms with van der Waals surface area (Å²) in [5, 5.41) is 6.28. The first-order valence-corrected chi connectivity index (χ1v) is 9.72. The molecule has 0 spiro atoms. The molecule has 146 valence electrons. The molecule has 28 heavy (non-hydrogen) atoms. The first kappa shape index (κ1) is 19.9. The molecule has 0 saturated carbocycles. The highest BCUT2D eigenvalue weighted by Crippen LogP contribution is 2.24. The number of amides is 2. The zero-order valence-electron chi connectivity index (χ0n) is 16.0. The highest BCUT2D eigenvalue weighted by atomic mass is 35.5. The van der Waals surface area contributed by atoms with Crippen LogP contribution in [-0.4, -0.2) is 27.7 Å². The number of anilines is 1. The van der Waals surface area contributed by atoms with Crippen LogP contribution in [0.15, 0.2) is 42.6 Å². The van der Waals surface area contributed by atoms with Crippen LogP contribution in [0.2, 0.25) is 5.02 Å². The molecule has 7 heteroatoms. The average Bonchev–Trinajstić information content (AvgIpc) is 3.08. The molecule has 2 N–H and O–H groups in total. The summed E-state index contributed by atoms with van der Waals surface area (Å²) in [5.41, 5.74) is 2.15. The van der Waals surface area contributed by atoms with E-state index in [0.29, 0.717) is 22.8 Å². The second kappa shape index (κ2) is 8.89. The molecule has 0 radical (unpaired) electrons. The smallest absolute Gasteiger partial charge is 0.287 e. The Hall–Kier alpha value is -2.86. The van der Waals surface area contributed by atoms with Gasteiger partial charge < -0.3 is 10.6 Å². The van der Waals surface area contributed by atoms with E-state index in [1.54, 1.807) is 47.0 Å². The summed E-state index contributed by atoms with van der Waals surface area (Å²) < 4.78 is 1.63. The van der Waals surface area contributed by atoms with E-state index >= 15 is 0 Å². The first-order valence-electron chi connectivity index (χ1n) is 9.34. The molecule has 0 aliphatic rings.